The largest absolute Gasteiger partial charge is 0.328 e. The first kappa shape index (κ1) is 17.7. The van der Waals surface area contributed by atoms with Gasteiger partial charge >= 0.3 is 0 Å². The van der Waals surface area contributed by atoms with Gasteiger partial charge in [0.15, 0.2) is 11.3 Å². The third-order valence-corrected chi connectivity index (χ3v) is 6.00. The average Bonchev–Trinajstić information content (AvgIpc) is 3.35. The number of carbonyl (C=O) groups excluding carboxylic acids is 1. The second-order valence-electron chi connectivity index (χ2n) is 7.78. The molecule has 0 saturated heterocycles. The van der Waals surface area contributed by atoms with Crippen molar-refractivity contribution in [3.63, 3.8) is 0 Å². The van der Waals surface area contributed by atoms with Crippen LogP contribution in [0.25, 0.3) is 0 Å². The molecule has 140 valence electrons. The molecule has 0 unspecified atom stereocenters. The molecule has 2 aromatic rings. The number of hydrogen-bond acceptors (Lipinski definition) is 5. The van der Waals surface area contributed by atoms with Crippen LogP contribution in [0.15, 0.2) is 29.3 Å². The van der Waals surface area contributed by atoms with Gasteiger partial charge in [-0.05, 0) is 43.7 Å². The summed E-state index contributed by atoms with van der Waals surface area (Å²) in [7, 11) is 0. The molecular formula is C20H23N5O2. The van der Waals surface area contributed by atoms with E-state index in [1.165, 1.54) is 12.6 Å². The Labute approximate surface area is 157 Å². The lowest BCUT2D eigenvalue weighted by Gasteiger charge is -2.28. The Balaban J connectivity index is 1.62. The molecule has 0 amide bonds. The molecular weight excluding hydrogens is 342 g/mol. The van der Waals surface area contributed by atoms with Crippen molar-refractivity contribution in [1.82, 2.24) is 20.0 Å². The van der Waals surface area contributed by atoms with Crippen LogP contribution in [0.5, 0.6) is 0 Å². The van der Waals surface area contributed by atoms with Crippen molar-refractivity contribution in [3.8, 4) is 6.07 Å². The molecule has 1 N–H and O–H groups in total. The number of carbonyl (C=O) groups is 1. The highest BCUT2D eigenvalue weighted by molar-refractivity contribution is 5.96. The first-order chi connectivity index (χ1) is 13.1. The van der Waals surface area contributed by atoms with Crippen LogP contribution in [0.1, 0.15) is 73.3 Å². The number of aromatic nitrogens is 4. The van der Waals surface area contributed by atoms with E-state index >= 15 is 0 Å². The summed E-state index contributed by atoms with van der Waals surface area (Å²) in [6, 6.07) is 5.57. The lowest BCUT2D eigenvalue weighted by Crippen LogP contribution is -2.23. The first-order valence-electron chi connectivity index (χ1n) is 9.68. The van der Waals surface area contributed by atoms with E-state index in [1.807, 2.05) is 6.20 Å². The summed E-state index contributed by atoms with van der Waals surface area (Å²) in [5.74, 6) is 0.122. The summed E-state index contributed by atoms with van der Waals surface area (Å²) < 4.78 is 1.66. The summed E-state index contributed by atoms with van der Waals surface area (Å²) in [6.07, 6.45) is 10.8. The number of pyridine rings is 1. The molecule has 2 fully saturated rings. The van der Waals surface area contributed by atoms with Crippen LogP contribution in [0.3, 0.4) is 0 Å². The molecule has 2 aromatic heterocycles. The minimum Gasteiger partial charge on any atom is -0.328 e. The molecule has 0 aliphatic heterocycles. The molecule has 7 heteroatoms. The highest BCUT2D eigenvalue weighted by atomic mass is 16.1. The molecule has 2 aliphatic rings. The van der Waals surface area contributed by atoms with Gasteiger partial charge in [0.2, 0.25) is 0 Å². The molecule has 2 saturated carbocycles. The lowest BCUT2D eigenvalue weighted by molar-refractivity contribution is 0.0955. The molecule has 2 heterocycles. The number of aromatic amines is 1. The van der Waals surface area contributed by atoms with Crippen molar-refractivity contribution in [2.24, 2.45) is 5.92 Å². The number of nitriles is 1. The summed E-state index contributed by atoms with van der Waals surface area (Å²) in [5.41, 5.74) is 0.0589. The van der Waals surface area contributed by atoms with Gasteiger partial charge < -0.3 is 4.98 Å². The van der Waals surface area contributed by atoms with E-state index in [1.54, 1.807) is 16.8 Å². The van der Waals surface area contributed by atoms with Gasteiger partial charge in [-0.3, -0.25) is 9.59 Å². The summed E-state index contributed by atoms with van der Waals surface area (Å²) in [6.45, 7) is 0. The average molecular weight is 365 g/mol. The molecule has 0 radical (unpaired) electrons. The fourth-order valence-electron chi connectivity index (χ4n) is 4.17. The number of nitrogens with zero attached hydrogens (tertiary/aromatic N) is 4. The van der Waals surface area contributed by atoms with E-state index in [-0.39, 0.29) is 29.2 Å². The summed E-state index contributed by atoms with van der Waals surface area (Å²) in [4.78, 5) is 27.4. The molecule has 2 aliphatic carbocycles. The molecule has 4 rings (SSSR count). The van der Waals surface area contributed by atoms with Gasteiger partial charge in [0, 0.05) is 18.5 Å². The van der Waals surface area contributed by atoms with Crippen molar-refractivity contribution in [1.29, 1.82) is 5.26 Å². The van der Waals surface area contributed by atoms with Crippen molar-refractivity contribution in [2.75, 3.05) is 0 Å². The third-order valence-electron chi connectivity index (χ3n) is 6.00. The zero-order valence-corrected chi connectivity index (χ0v) is 15.2. The molecule has 0 bridgehead atoms. The second-order valence-corrected chi connectivity index (χ2v) is 7.78. The Morgan fingerprint density at radius 1 is 1.37 bits per heavy atom. The quantitative estimate of drug-likeness (QED) is 0.793. The second kappa shape index (κ2) is 7.10. The number of rotatable bonds is 6. The van der Waals surface area contributed by atoms with Gasteiger partial charge in [0.05, 0.1) is 23.5 Å². The zero-order valence-electron chi connectivity index (χ0n) is 15.2. The third kappa shape index (κ3) is 3.44. The fraction of sp³-hybridized carbons (Fsp3) is 0.550. The van der Waals surface area contributed by atoms with Gasteiger partial charge in [0.25, 0.3) is 5.56 Å². The van der Waals surface area contributed by atoms with Crippen LogP contribution in [0.4, 0.5) is 0 Å². The van der Waals surface area contributed by atoms with Gasteiger partial charge in [-0.25, -0.2) is 4.68 Å². The van der Waals surface area contributed by atoms with Crippen molar-refractivity contribution < 1.29 is 4.79 Å². The van der Waals surface area contributed by atoms with Crippen LogP contribution < -0.4 is 5.56 Å². The number of Topliss-reactive ketones (excluding diaryl/α,β-unsaturated/α-hetero) is 1. The molecule has 1 atom stereocenters. The van der Waals surface area contributed by atoms with Gasteiger partial charge in [-0.2, -0.15) is 5.26 Å². The van der Waals surface area contributed by atoms with Crippen LogP contribution in [0, 0.1) is 17.2 Å². The van der Waals surface area contributed by atoms with E-state index in [2.05, 4.69) is 21.4 Å². The van der Waals surface area contributed by atoms with Gasteiger partial charge in [-0.15, -0.1) is 5.10 Å². The Hall–Kier alpha value is -2.75. The Kier molecular flexibility index (Phi) is 4.65. The van der Waals surface area contributed by atoms with Gasteiger partial charge in [-0.1, -0.05) is 24.5 Å². The smallest absolute Gasteiger partial charge is 0.258 e. The topological polar surface area (TPSA) is 104 Å². The van der Waals surface area contributed by atoms with E-state index in [9.17, 15) is 14.9 Å². The van der Waals surface area contributed by atoms with E-state index in [0.29, 0.717) is 5.92 Å². The van der Waals surface area contributed by atoms with Crippen molar-refractivity contribution in [2.45, 2.75) is 62.8 Å². The standard InChI is InChI=1S/C20H23N5O2/c21-13-20(8-9-20)25-12-17(23-24-25)16(14-5-2-1-3-6-14)11-18(26)15-7-4-10-22-19(15)27/h4,7,10,12,14,16H,1-3,5-6,8-9,11H2,(H,22,27)/t16-/m0/s1. The van der Waals surface area contributed by atoms with E-state index in [4.69, 9.17) is 0 Å². The maximum Gasteiger partial charge on any atom is 0.258 e. The van der Waals surface area contributed by atoms with E-state index < -0.39 is 5.54 Å². The monoisotopic (exact) mass is 365 g/mol. The SMILES string of the molecule is N#CC1(n2cc([C@@H](CC(=O)c3ccc[nH]c3=O)C3CCCCC3)nn2)CC1. The van der Waals surface area contributed by atoms with Gasteiger partial charge in [0.1, 0.15) is 0 Å². The normalized spacial score (nSPS) is 20.0. The van der Waals surface area contributed by atoms with Crippen LogP contribution in [0.2, 0.25) is 0 Å². The summed E-state index contributed by atoms with van der Waals surface area (Å²) >= 11 is 0. The predicted octanol–water partition coefficient (Wildman–Crippen LogP) is 2.92. The Bertz CT molecular complexity index is 928. The van der Waals surface area contributed by atoms with Crippen molar-refractivity contribution in [3.05, 3.63) is 46.1 Å². The van der Waals surface area contributed by atoms with Crippen molar-refractivity contribution >= 4 is 5.78 Å². The highest BCUT2D eigenvalue weighted by Crippen LogP contribution is 2.43. The molecule has 0 spiro atoms. The molecule has 27 heavy (non-hydrogen) atoms. The highest BCUT2D eigenvalue weighted by Gasteiger charge is 2.47. The minimum absolute atomic E-state index is 0.0688. The molecule has 0 aromatic carbocycles. The molecule has 7 nitrogen and oxygen atoms in total. The van der Waals surface area contributed by atoms with Crippen LogP contribution in [-0.4, -0.2) is 25.8 Å². The number of nitrogens with one attached hydrogen (secondary N) is 1. The number of H-pyrrole nitrogens is 1. The Morgan fingerprint density at radius 2 is 2.15 bits per heavy atom. The predicted molar refractivity (Wildman–Crippen MR) is 98.2 cm³/mol. The van der Waals surface area contributed by atoms with E-state index in [0.717, 1.165) is 44.2 Å². The maximum absolute atomic E-state index is 12.8. The maximum atomic E-state index is 12.8. The zero-order chi connectivity index (χ0) is 18.9. The Morgan fingerprint density at radius 3 is 2.81 bits per heavy atom. The minimum atomic E-state index is -0.553. The van der Waals surface area contributed by atoms with Crippen LogP contribution >= 0.6 is 0 Å². The number of hydrogen-bond donors (Lipinski definition) is 1. The number of ketones is 1. The fourth-order valence-corrected chi connectivity index (χ4v) is 4.17. The first-order valence-corrected chi connectivity index (χ1v) is 9.68. The summed E-state index contributed by atoms with van der Waals surface area (Å²) in [5, 5.41) is 17.9. The van der Waals surface area contributed by atoms with Crippen LogP contribution in [-0.2, 0) is 5.54 Å². The lowest BCUT2D eigenvalue weighted by atomic mass is 9.76.